The quantitative estimate of drug-likeness (QED) is 0.0199. The largest absolute Gasteiger partial charge is 0.394 e. The summed E-state index contributed by atoms with van der Waals surface area (Å²) < 4.78 is 34.0. The Morgan fingerprint density at radius 3 is 1.11 bits per heavy atom. The van der Waals surface area contributed by atoms with Gasteiger partial charge in [-0.15, -0.1) is 0 Å². The van der Waals surface area contributed by atoms with Gasteiger partial charge in [0, 0.05) is 6.42 Å². The van der Waals surface area contributed by atoms with Crippen LogP contribution in [-0.2, 0) is 33.2 Å². The third kappa shape index (κ3) is 34.5. The number of rotatable bonds is 56. The topological polar surface area (TPSA) is 307 Å². The minimum atomic E-state index is -1.97. The molecule has 0 aromatic heterocycles. The van der Waals surface area contributed by atoms with Crippen molar-refractivity contribution in [2.75, 3.05) is 26.4 Å². The highest BCUT2D eigenvalue weighted by molar-refractivity contribution is 5.76. The van der Waals surface area contributed by atoms with E-state index in [1.54, 1.807) is 12.2 Å². The van der Waals surface area contributed by atoms with Gasteiger partial charge in [0.25, 0.3) is 0 Å². The number of unbranched alkanes of at least 4 members (excludes halogenated alkanes) is 38. The molecule has 17 unspecified atom stereocenters. The highest BCUT2D eigenvalue weighted by atomic mass is 16.8. The van der Waals surface area contributed by atoms with Crippen LogP contribution in [-0.4, -0.2) is 193 Å². The van der Waals surface area contributed by atoms with Crippen molar-refractivity contribution >= 4 is 5.91 Å². The first-order chi connectivity index (χ1) is 43.3. The summed E-state index contributed by atoms with van der Waals surface area (Å²) in [5, 5.41) is 119. The lowest BCUT2D eigenvalue weighted by atomic mass is 9.96. The first-order valence-electron chi connectivity index (χ1n) is 36.1. The number of aliphatic hydroxyl groups excluding tert-OH is 11. The lowest BCUT2D eigenvalue weighted by Gasteiger charge is -2.48. The van der Waals surface area contributed by atoms with Crippen LogP contribution in [0, 0.1) is 0 Å². The average Bonchev–Trinajstić information content (AvgIpc) is 1.81. The molecule has 19 heteroatoms. The number of aliphatic hydroxyl groups is 11. The van der Waals surface area contributed by atoms with Crippen molar-refractivity contribution in [3.8, 4) is 0 Å². The Balaban J connectivity index is 1.16. The lowest BCUT2D eigenvalue weighted by molar-refractivity contribution is -0.379. The van der Waals surface area contributed by atoms with Crippen LogP contribution in [0.15, 0.2) is 24.3 Å². The molecule has 1 amide bonds. The molecule has 3 saturated heterocycles. The minimum absolute atomic E-state index is 0.245. The van der Waals surface area contributed by atoms with Crippen molar-refractivity contribution in [2.24, 2.45) is 0 Å². The highest BCUT2D eigenvalue weighted by Gasteiger charge is 2.53. The maximum atomic E-state index is 13.2. The Bertz CT molecular complexity index is 1710. The molecular weight excluding hydrogens is 1140 g/mol. The molecule has 3 fully saturated rings. The van der Waals surface area contributed by atoms with E-state index in [1.165, 1.54) is 225 Å². The van der Waals surface area contributed by atoms with Crippen molar-refractivity contribution < 1.29 is 89.4 Å². The molecule has 0 spiro atoms. The molecule has 3 aliphatic rings. The molecule has 0 aliphatic carbocycles. The van der Waals surface area contributed by atoms with Gasteiger partial charge in [0.05, 0.1) is 38.6 Å². The molecule has 89 heavy (non-hydrogen) atoms. The number of ether oxygens (including phenoxy) is 6. The van der Waals surface area contributed by atoms with Crippen LogP contribution in [0.25, 0.3) is 0 Å². The summed E-state index contributed by atoms with van der Waals surface area (Å²) in [5.41, 5.74) is 0. The second-order valence-electron chi connectivity index (χ2n) is 26.1. The van der Waals surface area contributed by atoms with Gasteiger partial charge in [-0.2, -0.15) is 0 Å². The number of hydrogen-bond acceptors (Lipinski definition) is 18. The number of carbonyl (C=O) groups is 1. The van der Waals surface area contributed by atoms with E-state index in [0.717, 1.165) is 25.7 Å². The SMILES string of the molecule is CCC/C=C/C(O)C(COC1OC(CO)C(OC2OC(CO)C(OC3OC(CO)C(O)C(O)C3O)C(O)C2O)C(O)C1O)NC(=O)CCCCCCCCCCCCCCCCCCCCCCCCCCCCCCC/C=C\CCCCCCCCCC. The summed E-state index contributed by atoms with van der Waals surface area (Å²) in [6.07, 6.45) is 35.1. The van der Waals surface area contributed by atoms with Crippen molar-refractivity contribution in [1.29, 1.82) is 0 Å². The lowest BCUT2D eigenvalue weighted by Crippen LogP contribution is -2.66. The molecule has 0 radical (unpaired) electrons. The first kappa shape index (κ1) is 81.5. The van der Waals surface area contributed by atoms with Crippen molar-refractivity contribution in [2.45, 2.75) is 388 Å². The van der Waals surface area contributed by atoms with Gasteiger partial charge >= 0.3 is 0 Å². The number of nitrogens with one attached hydrogen (secondary N) is 1. The molecule has 19 nitrogen and oxygen atoms in total. The Morgan fingerprint density at radius 1 is 0.393 bits per heavy atom. The summed E-state index contributed by atoms with van der Waals surface area (Å²) in [4.78, 5) is 13.2. The average molecular weight is 1270 g/mol. The maximum Gasteiger partial charge on any atom is 0.220 e. The molecule has 0 saturated carbocycles. The minimum Gasteiger partial charge on any atom is -0.394 e. The van der Waals surface area contributed by atoms with Gasteiger partial charge in [0.2, 0.25) is 5.91 Å². The van der Waals surface area contributed by atoms with Gasteiger partial charge in [0.1, 0.15) is 73.2 Å². The van der Waals surface area contributed by atoms with E-state index in [4.69, 9.17) is 28.4 Å². The second kappa shape index (κ2) is 52.5. The summed E-state index contributed by atoms with van der Waals surface area (Å²) in [6.45, 7) is 1.51. The molecule has 17 atom stereocenters. The Hall–Kier alpha value is -1.73. The normalized spacial score (nSPS) is 28.3. The van der Waals surface area contributed by atoms with Crippen LogP contribution in [0.2, 0.25) is 0 Å². The number of hydrogen-bond donors (Lipinski definition) is 12. The highest BCUT2D eigenvalue weighted by Crippen LogP contribution is 2.33. The van der Waals surface area contributed by atoms with E-state index < -0.39 is 124 Å². The van der Waals surface area contributed by atoms with E-state index in [1.807, 2.05) is 6.92 Å². The van der Waals surface area contributed by atoms with Crippen molar-refractivity contribution in [3.63, 3.8) is 0 Å². The van der Waals surface area contributed by atoms with E-state index in [0.29, 0.717) is 12.8 Å². The molecule has 0 aromatic rings. The summed E-state index contributed by atoms with van der Waals surface area (Å²) >= 11 is 0. The first-order valence-corrected chi connectivity index (χ1v) is 36.1. The van der Waals surface area contributed by atoms with Gasteiger partial charge in [-0.25, -0.2) is 0 Å². The van der Waals surface area contributed by atoms with Crippen LogP contribution in [0.4, 0.5) is 0 Å². The van der Waals surface area contributed by atoms with Crippen LogP contribution >= 0.6 is 0 Å². The molecule has 3 aliphatic heterocycles. The predicted molar refractivity (Wildman–Crippen MR) is 346 cm³/mol. The van der Waals surface area contributed by atoms with E-state index in [9.17, 15) is 61.0 Å². The third-order valence-electron chi connectivity index (χ3n) is 18.2. The molecule has 0 bridgehead atoms. The van der Waals surface area contributed by atoms with E-state index in [2.05, 4.69) is 24.4 Å². The zero-order chi connectivity index (χ0) is 64.7. The van der Waals surface area contributed by atoms with Gasteiger partial charge < -0.3 is 89.9 Å². The maximum absolute atomic E-state index is 13.2. The van der Waals surface area contributed by atoms with Crippen LogP contribution in [0.5, 0.6) is 0 Å². The van der Waals surface area contributed by atoms with Crippen LogP contribution < -0.4 is 5.32 Å². The summed E-state index contributed by atoms with van der Waals surface area (Å²) in [7, 11) is 0. The standard InChI is InChI=1S/C70H131NO18/c1-3-5-7-8-9-10-11-12-13-14-15-16-17-18-19-20-21-22-23-24-25-26-27-28-29-30-31-32-33-34-35-36-37-38-39-40-41-42-43-44-46-48-58(76)71-53(54(75)47-45-6-4-2)52-84-68-64(82)61(79)66(56(50-73)86-68)89-70-65(83)62(80)67(57(51-74)87-70)88-69-63(81)60(78)59(77)55(49-72)85-69/h14-15,45,47,53-57,59-70,72-75,77-83H,3-13,16-44,46,48-52H2,1-2H3,(H,71,76)/b15-14-,47-45+. The molecule has 3 rings (SSSR count). The zero-order valence-electron chi connectivity index (χ0n) is 55.4. The van der Waals surface area contributed by atoms with Gasteiger partial charge in [0.15, 0.2) is 18.9 Å². The fourth-order valence-electron chi connectivity index (χ4n) is 12.4. The van der Waals surface area contributed by atoms with Gasteiger partial charge in [-0.3, -0.25) is 4.79 Å². The molecule has 0 aromatic carbocycles. The molecule has 3 heterocycles. The summed E-state index contributed by atoms with van der Waals surface area (Å²) in [6, 6.07) is -0.965. The van der Waals surface area contributed by atoms with Crippen LogP contribution in [0.1, 0.15) is 284 Å². The molecule has 12 N–H and O–H groups in total. The fraction of sp³-hybridized carbons (Fsp3) is 0.929. The zero-order valence-corrected chi connectivity index (χ0v) is 55.4. The van der Waals surface area contributed by atoms with Crippen LogP contribution in [0.3, 0.4) is 0 Å². The Labute approximate surface area is 537 Å². The number of amides is 1. The van der Waals surface area contributed by atoms with Crippen molar-refractivity contribution in [3.05, 3.63) is 24.3 Å². The van der Waals surface area contributed by atoms with E-state index in [-0.39, 0.29) is 18.9 Å². The van der Waals surface area contributed by atoms with Gasteiger partial charge in [-0.05, 0) is 38.5 Å². The second-order valence-corrected chi connectivity index (χ2v) is 26.1. The Morgan fingerprint density at radius 2 is 0.730 bits per heavy atom. The number of carbonyl (C=O) groups excluding carboxylic acids is 1. The molecule has 524 valence electrons. The smallest absolute Gasteiger partial charge is 0.220 e. The number of allylic oxidation sites excluding steroid dienone is 3. The fourth-order valence-corrected chi connectivity index (χ4v) is 12.4. The Kier molecular flexibility index (Phi) is 48.1. The molecular formula is C70H131NO18. The third-order valence-corrected chi connectivity index (χ3v) is 18.2. The van der Waals surface area contributed by atoms with Crippen molar-refractivity contribution in [1.82, 2.24) is 5.32 Å². The summed E-state index contributed by atoms with van der Waals surface area (Å²) in [5.74, 6) is -0.283. The monoisotopic (exact) mass is 1270 g/mol. The van der Waals surface area contributed by atoms with E-state index >= 15 is 0 Å². The van der Waals surface area contributed by atoms with Gasteiger partial charge in [-0.1, -0.05) is 263 Å². The predicted octanol–water partition coefficient (Wildman–Crippen LogP) is 9.83.